The second kappa shape index (κ2) is 4.74. The first-order chi connectivity index (χ1) is 9.24. The normalized spacial score (nSPS) is 10.6. The van der Waals surface area contributed by atoms with Gasteiger partial charge >= 0.3 is 0 Å². The largest absolute Gasteiger partial charge is 0.507 e. The third-order valence-electron chi connectivity index (χ3n) is 2.76. The molecule has 0 fully saturated rings. The van der Waals surface area contributed by atoms with Gasteiger partial charge in [-0.15, -0.1) is 0 Å². The Balaban J connectivity index is 2.04. The first kappa shape index (κ1) is 11.7. The van der Waals surface area contributed by atoms with Crippen LogP contribution >= 0.6 is 11.6 Å². The van der Waals surface area contributed by atoms with Crippen LogP contribution < -0.4 is 0 Å². The number of hydrogen-bond donors (Lipinski definition) is 2. The molecular formula is C14H10ClN3O. The summed E-state index contributed by atoms with van der Waals surface area (Å²) >= 11 is 5.93. The van der Waals surface area contributed by atoms with Gasteiger partial charge in [-0.2, -0.15) is 0 Å². The van der Waals surface area contributed by atoms with E-state index in [1.54, 1.807) is 36.8 Å². The van der Waals surface area contributed by atoms with E-state index >= 15 is 0 Å². The molecule has 94 valence electrons. The first-order valence-corrected chi connectivity index (χ1v) is 6.06. The van der Waals surface area contributed by atoms with E-state index in [-0.39, 0.29) is 5.75 Å². The van der Waals surface area contributed by atoms with Crippen LogP contribution in [-0.4, -0.2) is 20.1 Å². The minimum Gasteiger partial charge on any atom is -0.507 e. The number of phenolic OH excluding ortho intramolecular Hbond substituents is 1. The lowest BCUT2D eigenvalue weighted by Gasteiger charge is -2.01. The molecule has 0 aliphatic heterocycles. The van der Waals surface area contributed by atoms with Crippen LogP contribution in [0.2, 0.25) is 5.02 Å². The number of nitrogens with zero attached hydrogens (tertiary/aromatic N) is 2. The Hall–Kier alpha value is -2.33. The molecule has 0 aliphatic carbocycles. The zero-order valence-corrected chi connectivity index (χ0v) is 10.6. The van der Waals surface area contributed by atoms with E-state index in [1.807, 2.05) is 12.1 Å². The fourth-order valence-electron chi connectivity index (χ4n) is 1.82. The number of nitrogens with one attached hydrogen (secondary N) is 1. The van der Waals surface area contributed by atoms with Crippen LogP contribution in [0.1, 0.15) is 0 Å². The van der Waals surface area contributed by atoms with Gasteiger partial charge in [-0.25, -0.2) is 4.98 Å². The Morgan fingerprint density at radius 3 is 2.84 bits per heavy atom. The number of hydrogen-bond acceptors (Lipinski definition) is 3. The number of aromatic amines is 1. The molecule has 0 saturated carbocycles. The van der Waals surface area contributed by atoms with Gasteiger partial charge in [0.2, 0.25) is 0 Å². The molecule has 1 aromatic carbocycles. The molecule has 0 bridgehead atoms. The highest BCUT2D eigenvalue weighted by Crippen LogP contribution is 2.30. The SMILES string of the molecule is Oc1ccc(Cl)cc1-c1ncc(-c2cccnc2)[nH]1. The molecule has 0 unspecified atom stereocenters. The fraction of sp³-hybridized carbons (Fsp3) is 0. The predicted octanol–water partition coefficient (Wildman–Crippen LogP) is 3.50. The van der Waals surface area contributed by atoms with Gasteiger partial charge in [0.15, 0.2) is 0 Å². The first-order valence-electron chi connectivity index (χ1n) is 5.68. The zero-order valence-electron chi connectivity index (χ0n) is 9.84. The van der Waals surface area contributed by atoms with Crippen molar-refractivity contribution in [1.29, 1.82) is 0 Å². The molecule has 2 heterocycles. The van der Waals surface area contributed by atoms with Crippen molar-refractivity contribution in [3.63, 3.8) is 0 Å². The van der Waals surface area contributed by atoms with E-state index in [2.05, 4.69) is 15.0 Å². The smallest absolute Gasteiger partial charge is 0.141 e. The highest BCUT2D eigenvalue weighted by Gasteiger charge is 2.10. The fourth-order valence-corrected chi connectivity index (χ4v) is 2.00. The van der Waals surface area contributed by atoms with E-state index < -0.39 is 0 Å². The van der Waals surface area contributed by atoms with Gasteiger partial charge in [0, 0.05) is 23.0 Å². The highest BCUT2D eigenvalue weighted by atomic mass is 35.5. The van der Waals surface area contributed by atoms with Crippen LogP contribution in [0.3, 0.4) is 0 Å². The predicted molar refractivity (Wildman–Crippen MR) is 73.9 cm³/mol. The van der Waals surface area contributed by atoms with E-state index in [0.29, 0.717) is 16.4 Å². The zero-order chi connectivity index (χ0) is 13.2. The van der Waals surface area contributed by atoms with Gasteiger partial charge < -0.3 is 10.1 Å². The summed E-state index contributed by atoms with van der Waals surface area (Å²) in [6.45, 7) is 0. The lowest BCUT2D eigenvalue weighted by Crippen LogP contribution is -1.83. The van der Waals surface area contributed by atoms with Crippen molar-refractivity contribution in [2.45, 2.75) is 0 Å². The van der Waals surface area contributed by atoms with Crippen molar-refractivity contribution in [2.24, 2.45) is 0 Å². The second-order valence-electron chi connectivity index (χ2n) is 4.05. The maximum absolute atomic E-state index is 9.84. The standard InChI is InChI=1S/C14H10ClN3O/c15-10-3-4-13(19)11(6-10)14-17-8-12(18-14)9-2-1-5-16-7-9/h1-8,19H,(H,17,18). The van der Waals surface area contributed by atoms with Crippen LogP contribution in [-0.2, 0) is 0 Å². The topological polar surface area (TPSA) is 61.8 Å². The number of aromatic nitrogens is 3. The van der Waals surface area contributed by atoms with E-state index in [9.17, 15) is 5.11 Å². The van der Waals surface area contributed by atoms with Crippen LogP contribution in [0.5, 0.6) is 5.75 Å². The lowest BCUT2D eigenvalue weighted by atomic mass is 10.2. The second-order valence-corrected chi connectivity index (χ2v) is 4.49. The molecule has 2 N–H and O–H groups in total. The molecule has 0 radical (unpaired) electrons. The van der Waals surface area contributed by atoms with Crippen LogP contribution in [0.4, 0.5) is 0 Å². The Labute approximate surface area is 114 Å². The number of aromatic hydroxyl groups is 1. The summed E-state index contributed by atoms with van der Waals surface area (Å²) in [5, 5.41) is 10.4. The molecule has 3 rings (SSSR count). The number of pyridine rings is 1. The summed E-state index contributed by atoms with van der Waals surface area (Å²) in [6.07, 6.45) is 5.16. The monoisotopic (exact) mass is 271 g/mol. The van der Waals surface area contributed by atoms with Crippen molar-refractivity contribution in [2.75, 3.05) is 0 Å². The Morgan fingerprint density at radius 1 is 1.16 bits per heavy atom. The number of imidazole rings is 1. The minimum atomic E-state index is 0.136. The summed E-state index contributed by atoms with van der Waals surface area (Å²) in [5.74, 6) is 0.704. The molecule has 0 saturated heterocycles. The Kier molecular flexibility index (Phi) is 2.93. The van der Waals surface area contributed by atoms with Crippen molar-refractivity contribution in [1.82, 2.24) is 15.0 Å². The molecule has 3 aromatic rings. The van der Waals surface area contributed by atoms with Crippen molar-refractivity contribution in [3.8, 4) is 28.4 Å². The molecular weight excluding hydrogens is 262 g/mol. The summed E-state index contributed by atoms with van der Waals surface area (Å²) in [6, 6.07) is 8.63. The molecule has 4 nitrogen and oxygen atoms in total. The average Bonchev–Trinajstić information content (AvgIpc) is 2.92. The maximum atomic E-state index is 9.84. The summed E-state index contributed by atoms with van der Waals surface area (Å²) in [7, 11) is 0. The van der Waals surface area contributed by atoms with Crippen molar-refractivity contribution >= 4 is 11.6 Å². The van der Waals surface area contributed by atoms with Crippen molar-refractivity contribution in [3.05, 3.63) is 53.9 Å². The molecule has 5 heteroatoms. The van der Waals surface area contributed by atoms with Gasteiger partial charge in [-0.05, 0) is 30.3 Å². The van der Waals surface area contributed by atoms with Gasteiger partial charge in [0.05, 0.1) is 17.5 Å². The quantitative estimate of drug-likeness (QED) is 0.750. The Morgan fingerprint density at radius 2 is 2.05 bits per heavy atom. The van der Waals surface area contributed by atoms with Crippen molar-refractivity contribution < 1.29 is 5.11 Å². The van der Waals surface area contributed by atoms with E-state index in [0.717, 1.165) is 11.3 Å². The third-order valence-corrected chi connectivity index (χ3v) is 3.00. The molecule has 19 heavy (non-hydrogen) atoms. The summed E-state index contributed by atoms with van der Waals surface area (Å²) < 4.78 is 0. The molecule has 0 spiro atoms. The van der Waals surface area contributed by atoms with Gasteiger partial charge in [0.25, 0.3) is 0 Å². The number of rotatable bonds is 2. The molecule has 0 amide bonds. The van der Waals surface area contributed by atoms with Crippen LogP contribution in [0, 0.1) is 0 Å². The third kappa shape index (κ3) is 2.30. The molecule has 2 aromatic heterocycles. The molecule has 0 atom stereocenters. The number of H-pyrrole nitrogens is 1. The number of phenols is 1. The number of halogens is 1. The average molecular weight is 272 g/mol. The van der Waals surface area contributed by atoms with Gasteiger partial charge in [0.1, 0.15) is 11.6 Å². The van der Waals surface area contributed by atoms with E-state index in [1.165, 1.54) is 0 Å². The van der Waals surface area contributed by atoms with Crippen LogP contribution in [0.15, 0.2) is 48.9 Å². The van der Waals surface area contributed by atoms with E-state index in [4.69, 9.17) is 11.6 Å². The summed E-state index contributed by atoms with van der Waals surface area (Å²) in [4.78, 5) is 11.5. The minimum absolute atomic E-state index is 0.136. The highest BCUT2D eigenvalue weighted by molar-refractivity contribution is 6.30. The Bertz CT molecular complexity index is 710. The summed E-state index contributed by atoms with van der Waals surface area (Å²) in [5.41, 5.74) is 2.34. The van der Waals surface area contributed by atoms with Gasteiger partial charge in [-0.1, -0.05) is 11.6 Å². The maximum Gasteiger partial charge on any atom is 0.141 e. The van der Waals surface area contributed by atoms with Gasteiger partial charge in [-0.3, -0.25) is 4.98 Å². The lowest BCUT2D eigenvalue weighted by molar-refractivity contribution is 0.477. The van der Waals surface area contributed by atoms with Crippen LogP contribution in [0.25, 0.3) is 22.6 Å². The molecule has 0 aliphatic rings. The number of benzene rings is 1.